The Hall–Kier alpha value is -5.87. The van der Waals surface area contributed by atoms with Crippen molar-refractivity contribution >= 4 is 5.69 Å². The third-order valence-corrected chi connectivity index (χ3v) is 7.45. The fraction of sp³-hybridized carbons (Fsp3) is 0. The van der Waals surface area contributed by atoms with Crippen molar-refractivity contribution in [1.29, 1.82) is 0 Å². The minimum Gasteiger partial charge on any atom is -0.399 e. The summed E-state index contributed by atoms with van der Waals surface area (Å²) in [6.07, 6.45) is 0. The second-order valence-corrected chi connectivity index (χ2v) is 10.4. The Morgan fingerprint density at radius 2 is 0.605 bits per heavy atom. The van der Waals surface area contributed by atoms with Gasteiger partial charge in [0.15, 0.2) is 17.5 Å². The fourth-order valence-electron chi connectivity index (χ4n) is 5.22. The average Bonchev–Trinajstić information content (AvgIpc) is 3.09. The summed E-state index contributed by atoms with van der Waals surface area (Å²) in [5, 5.41) is 0. The second kappa shape index (κ2) is 11.6. The maximum Gasteiger partial charge on any atom is 0.164 e. The van der Waals surface area contributed by atoms with Gasteiger partial charge in [-0.15, -0.1) is 0 Å². The van der Waals surface area contributed by atoms with Gasteiger partial charge in [0.05, 0.1) is 0 Å². The van der Waals surface area contributed by atoms with E-state index in [2.05, 4.69) is 78.9 Å². The number of nitrogen functional groups attached to an aromatic ring is 1. The van der Waals surface area contributed by atoms with Crippen molar-refractivity contribution in [1.82, 2.24) is 15.0 Å². The number of benzene rings is 6. The molecule has 7 rings (SSSR count). The van der Waals surface area contributed by atoms with Gasteiger partial charge in [-0.2, -0.15) is 0 Å². The van der Waals surface area contributed by atoms with Crippen molar-refractivity contribution in [3.63, 3.8) is 0 Å². The molecule has 0 saturated heterocycles. The molecule has 0 aliphatic heterocycles. The van der Waals surface area contributed by atoms with Crippen molar-refractivity contribution in [2.75, 3.05) is 5.73 Å². The number of rotatable bonds is 6. The van der Waals surface area contributed by atoms with Gasteiger partial charge in [0.2, 0.25) is 0 Å². The van der Waals surface area contributed by atoms with Gasteiger partial charge in [-0.05, 0) is 57.6 Å². The lowest BCUT2D eigenvalue weighted by Gasteiger charge is -2.10. The van der Waals surface area contributed by atoms with Crippen molar-refractivity contribution < 1.29 is 0 Å². The lowest BCUT2D eigenvalue weighted by Crippen LogP contribution is -2.00. The van der Waals surface area contributed by atoms with Crippen LogP contribution in [0.1, 0.15) is 0 Å². The maximum atomic E-state index is 6.03. The molecule has 0 spiro atoms. The van der Waals surface area contributed by atoms with Gasteiger partial charge in [0.1, 0.15) is 0 Å². The van der Waals surface area contributed by atoms with Crippen LogP contribution in [-0.4, -0.2) is 15.0 Å². The molecule has 1 heterocycles. The highest BCUT2D eigenvalue weighted by Crippen LogP contribution is 2.31. The van der Waals surface area contributed by atoms with Crippen LogP contribution in [0.25, 0.3) is 67.5 Å². The highest BCUT2D eigenvalue weighted by Gasteiger charge is 2.12. The molecule has 4 nitrogen and oxygen atoms in total. The minimum absolute atomic E-state index is 0.645. The number of hydrogen-bond donors (Lipinski definition) is 1. The smallest absolute Gasteiger partial charge is 0.164 e. The average molecular weight is 553 g/mol. The molecule has 2 N–H and O–H groups in total. The second-order valence-electron chi connectivity index (χ2n) is 10.4. The van der Waals surface area contributed by atoms with Gasteiger partial charge < -0.3 is 5.73 Å². The van der Waals surface area contributed by atoms with E-state index in [1.165, 1.54) is 0 Å². The lowest BCUT2D eigenvalue weighted by molar-refractivity contribution is 1.07. The third-order valence-electron chi connectivity index (χ3n) is 7.45. The summed E-state index contributed by atoms with van der Waals surface area (Å²) < 4.78 is 0. The molecule has 204 valence electrons. The molecule has 0 saturated carbocycles. The van der Waals surface area contributed by atoms with Gasteiger partial charge >= 0.3 is 0 Å². The molecule has 0 atom stereocenters. The van der Waals surface area contributed by atoms with Gasteiger partial charge in [-0.25, -0.2) is 15.0 Å². The van der Waals surface area contributed by atoms with E-state index in [1.54, 1.807) is 0 Å². The maximum absolute atomic E-state index is 6.03. The van der Waals surface area contributed by atoms with Crippen molar-refractivity contribution in [2.45, 2.75) is 0 Å². The Bertz CT molecular complexity index is 1960. The van der Waals surface area contributed by atoms with Crippen molar-refractivity contribution in [2.24, 2.45) is 0 Å². The zero-order valence-electron chi connectivity index (χ0n) is 23.4. The van der Waals surface area contributed by atoms with Crippen LogP contribution in [0.4, 0.5) is 5.69 Å². The van der Waals surface area contributed by atoms with Crippen molar-refractivity contribution in [3.8, 4) is 67.5 Å². The van der Waals surface area contributed by atoms with Crippen LogP contribution in [0.5, 0.6) is 0 Å². The molecule has 43 heavy (non-hydrogen) atoms. The third kappa shape index (κ3) is 5.67. The normalized spacial score (nSPS) is 10.9. The van der Waals surface area contributed by atoms with Crippen LogP contribution in [0.3, 0.4) is 0 Å². The number of hydrogen-bond acceptors (Lipinski definition) is 4. The van der Waals surface area contributed by atoms with E-state index in [1.807, 2.05) is 78.9 Å². The van der Waals surface area contributed by atoms with Gasteiger partial charge in [0.25, 0.3) is 0 Å². The first-order valence-corrected chi connectivity index (χ1v) is 14.2. The number of nitrogens with two attached hydrogens (primary N) is 1. The first kappa shape index (κ1) is 26.1. The zero-order chi connectivity index (χ0) is 29.0. The molecule has 0 aliphatic rings. The minimum atomic E-state index is 0.645. The van der Waals surface area contributed by atoms with Crippen LogP contribution in [0.2, 0.25) is 0 Å². The van der Waals surface area contributed by atoms with Crippen LogP contribution >= 0.6 is 0 Å². The largest absolute Gasteiger partial charge is 0.399 e. The lowest BCUT2D eigenvalue weighted by atomic mass is 9.96. The molecule has 1 aromatic heterocycles. The summed E-state index contributed by atoms with van der Waals surface area (Å²) in [7, 11) is 0. The van der Waals surface area contributed by atoms with Crippen molar-refractivity contribution in [3.05, 3.63) is 158 Å². The zero-order valence-corrected chi connectivity index (χ0v) is 23.4. The van der Waals surface area contributed by atoms with E-state index in [9.17, 15) is 0 Å². The van der Waals surface area contributed by atoms with Gasteiger partial charge in [0, 0.05) is 22.4 Å². The highest BCUT2D eigenvalue weighted by molar-refractivity contribution is 5.78. The molecule has 0 radical (unpaired) electrons. The Balaban J connectivity index is 1.22. The molecule has 0 aliphatic carbocycles. The summed E-state index contributed by atoms with van der Waals surface area (Å²) in [5.41, 5.74) is 16.5. The summed E-state index contributed by atoms with van der Waals surface area (Å²) in [4.78, 5) is 14.5. The fourth-order valence-corrected chi connectivity index (χ4v) is 5.22. The quantitative estimate of drug-likeness (QED) is 0.209. The first-order chi connectivity index (χ1) is 21.2. The molecule has 4 heteroatoms. The van der Waals surface area contributed by atoms with Gasteiger partial charge in [-0.1, -0.05) is 133 Å². The Labute approximate surface area is 251 Å². The van der Waals surface area contributed by atoms with Crippen LogP contribution < -0.4 is 5.73 Å². The highest BCUT2D eigenvalue weighted by atomic mass is 15.0. The Kier molecular flexibility index (Phi) is 7.00. The van der Waals surface area contributed by atoms with Crippen LogP contribution in [-0.2, 0) is 0 Å². The van der Waals surface area contributed by atoms with Crippen LogP contribution in [0.15, 0.2) is 158 Å². The summed E-state index contributed by atoms with van der Waals surface area (Å²) >= 11 is 0. The molecule has 6 aromatic carbocycles. The predicted octanol–water partition coefficient (Wildman–Crippen LogP) is 9.46. The van der Waals surface area contributed by atoms with Crippen LogP contribution in [0, 0.1) is 0 Å². The Morgan fingerprint density at radius 1 is 0.279 bits per heavy atom. The molecule has 7 aromatic rings. The van der Waals surface area contributed by atoms with E-state index in [4.69, 9.17) is 20.7 Å². The first-order valence-electron chi connectivity index (χ1n) is 14.2. The topological polar surface area (TPSA) is 64.7 Å². The molecule has 0 fully saturated rings. The van der Waals surface area contributed by atoms with E-state index in [0.29, 0.717) is 17.5 Å². The molecule has 0 unspecified atom stereocenters. The van der Waals surface area contributed by atoms with E-state index >= 15 is 0 Å². The number of nitrogens with zero attached hydrogens (tertiary/aromatic N) is 3. The standard InChI is InChI=1S/C39H28N4/c40-36-19-9-18-35(26-36)34-17-8-16-33(25-34)32-15-7-14-31(24-32)27-20-22-30(23-21-27)39-42-37(28-10-3-1-4-11-28)41-38(43-39)29-12-5-2-6-13-29/h1-26H,40H2. The molecule has 0 bridgehead atoms. The van der Waals surface area contributed by atoms with E-state index in [-0.39, 0.29) is 0 Å². The molecule has 0 amide bonds. The number of aromatic nitrogens is 3. The van der Waals surface area contributed by atoms with E-state index < -0.39 is 0 Å². The van der Waals surface area contributed by atoms with Gasteiger partial charge in [-0.3, -0.25) is 0 Å². The summed E-state index contributed by atoms with van der Waals surface area (Å²) in [6.45, 7) is 0. The summed E-state index contributed by atoms with van der Waals surface area (Å²) in [5.74, 6) is 1.95. The summed E-state index contributed by atoms with van der Waals surface area (Å²) in [6, 6.07) is 53.7. The number of anilines is 1. The van der Waals surface area contributed by atoms with E-state index in [0.717, 1.165) is 55.8 Å². The monoisotopic (exact) mass is 552 g/mol. The predicted molar refractivity (Wildman–Crippen MR) is 177 cm³/mol. The molecular formula is C39H28N4. The Morgan fingerprint density at radius 3 is 1.05 bits per heavy atom. The SMILES string of the molecule is Nc1cccc(-c2cccc(-c3cccc(-c4ccc(-c5nc(-c6ccccc6)nc(-c6ccccc6)n5)cc4)c3)c2)c1. The molecular weight excluding hydrogens is 524 g/mol.